The lowest BCUT2D eigenvalue weighted by atomic mass is 9.66. The first-order valence-electron chi connectivity index (χ1n) is 14.3. The maximum atomic E-state index is 13.6. The third-order valence-corrected chi connectivity index (χ3v) is 9.60. The number of nitrogens with one attached hydrogen (secondary N) is 1. The molecule has 1 spiro atoms. The van der Waals surface area contributed by atoms with Crippen LogP contribution in [0.1, 0.15) is 54.5 Å². The lowest BCUT2D eigenvalue weighted by molar-refractivity contribution is -0.154. The van der Waals surface area contributed by atoms with E-state index in [4.69, 9.17) is 14.0 Å². The molecule has 0 radical (unpaired) electrons. The lowest BCUT2D eigenvalue weighted by Crippen LogP contribution is -2.51. The number of hydrogen-bond donors (Lipinski definition) is 2. The summed E-state index contributed by atoms with van der Waals surface area (Å²) in [6.07, 6.45) is 8.29. The topological polar surface area (TPSA) is 97.8 Å². The van der Waals surface area contributed by atoms with E-state index >= 15 is 0 Å². The summed E-state index contributed by atoms with van der Waals surface area (Å²) in [6.45, 7) is 5.02. The van der Waals surface area contributed by atoms with Crippen molar-refractivity contribution in [2.45, 2.75) is 73.8 Å². The Hall–Kier alpha value is -2.69. The highest BCUT2D eigenvalue weighted by Crippen LogP contribution is 2.47. The number of halogens is 1. The lowest BCUT2D eigenvalue weighted by Gasteiger charge is -2.49. The Morgan fingerprint density at radius 1 is 0.976 bits per heavy atom. The van der Waals surface area contributed by atoms with Crippen molar-refractivity contribution in [3.05, 3.63) is 95.1 Å². The fourth-order valence-electron chi connectivity index (χ4n) is 6.46. The molecule has 3 aromatic rings. The highest BCUT2D eigenvalue weighted by molar-refractivity contribution is 7.85. The highest BCUT2D eigenvalue weighted by Gasteiger charge is 2.48. The molecule has 2 aromatic carbocycles. The number of nitrogens with zero attached hydrogens (tertiary/aromatic N) is 1. The normalized spacial score (nSPS) is 22.1. The zero-order valence-corrected chi connectivity index (χ0v) is 24.3. The summed E-state index contributed by atoms with van der Waals surface area (Å²) in [4.78, 5) is 4.48. The summed E-state index contributed by atoms with van der Waals surface area (Å²) in [7, 11) is -4.02. The molecule has 3 heterocycles. The molecule has 1 aromatic heterocycles. The van der Waals surface area contributed by atoms with Crippen LogP contribution in [0.5, 0.6) is 0 Å². The van der Waals surface area contributed by atoms with Crippen LogP contribution in [0.15, 0.2) is 71.8 Å². The quantitative estimate of drug-likeness (QED) is 0.385. The van der Waals surface area contributed by atoms with Crippen molar-refractivity contribution < 1.29 is 26.8 Å². The molecule has 0 saturated carbocycles. The van der Waals surface area contributed by atoms with Crippen LogP contribution in [-0.2, 0) is 37.8 Å². The van der Waals surface area contributed by atoms with Gasteiger partial charge in [-0.3, -0.25) is 9.54 Å². The van der Waals surface area contributed by atoms with Crippen molar-refractivity contribution in [1.29, 1.82) is 0 Å². The van der Waals surface area contributed by atoms with Crippen LogP contribution in [0.4, 0.5) is 4.39 Å². The molecule has 0 unspecified atom stereocenters. The van der Waals surface area contributed by atoms with Crippen molar-refractivity contribution in [2.24, 2.45) is 0 Å². The summed E-state index contributed by atoms with van der Waals surface area (Å²) >= 11 is 0. The van der Waals surface area contributed by atoms with Crippen LogP contribution < -0.4 is 5.32 Å². The molecule has 1 atom stereocenters. The second kappa shape index (κ2) is 12.7. The van der Waals surface area contributed by atoms with Gasteiger partial charge in [-0.2, -0.15) is 8.42 Å². The molecule has 2 aliphatic heterocycles. The average molecular weight is 583 g/mol. The first-order chi connectivity index (χ1) is 19.7. The molecule has 41 heavy (non-hydrogen) atoms. The number of benzene rings is 2. The summed E-state index contributed by atoms with van der Waals surface area (Å²) in [5.74, 6) is -0.274. The Labute approximate surface area is 242 Å². The van der Waals surface area contributed by atoms with Crippen molar-refractivity contribution in [3.8, 4) is 0 Å². The Kier molecular flexibility index (Phi) is 9.21. The predicted octanol–water partition coefficient (Wildman–Crippen LogP) is 5.21. The Morgan fingerprint density at radius 3 is 2.27 bits per heavy atom. The van der Waals surface area contributed by atoms with Gasteiger partial charge in [-0.1, -0.05) is 42.0 Å². The summed E-state index contributed by atoms with van der Waals surface area (Å²) in [5.41, 5.74) is 4.69. The van der Waals surface area contributed by atoms with Crippen LogP contribution in [0, 0.1) is 12.7 Å². The first-order valence-corrected chi connectivity index (χ1v) is 15.8. The molecule has 6 rings (SSSR count). The molecule has 220 valence electrons. The molecule has 7 nitrogen and oxygen atoms in total. The number of rotatable bonds is 6. The number of fused-ring (bicyclic) bond motifs is 1. The zero-order valence-electron chi connectivity index (χ0n) is 23.5. The van der Waals surface area contributed by atoms with Crippen molar-refractivity contribution >= 4 is 10.1 Å². The third-order valence-electron chi connectivity index (χ3n) is 8.73. The molecule has 9 heteroatoms. The van der Waals surface area contributed by atoms with Gasteiger partial charge in [-0.05, 0) is 93.8 Å². The van der Waals surface area contributed by atoms with Gasteiger partial charge in [0.05, 0.1) is 16.7 Å². The second-order valence-electron chi connectivity index (χ2n) is 11.6. The van der Waals surface area contributed by atoms with Gasteiger partial charge in [0.1, 0.15) is 5.82 Å². The number of hydrogen-bond acceptors (Lipinski definition) is 6. The van der Waals surface area contributed by atoms with E-state index in [2.05, 4.69) is 34.6 Å². The Balaban J connectivity index is 0.000000259. The molecule has 3 aliphatic rings. The fraction of sp³-hybridized carbons (Fsp3) is 0.469. The van der Waals surface area contributed by atoms with Gasteiger partial charge in [-0.15, -0.1) is 0 Å². The highest BCUT2D eigenvalue weighted by atomic mass is 32.2. The van der Waals surface area contributed by atoms with E-state index in [-0.39, 0.29) is 21.7 Å². The van der Waals surface area contributed by atoms with Gasteiger partial charge < -0.3 is 14.8 Å². The molecular weight excluding hydrogens is 543 g/mol. The number of ether oxygens (including phenoxy) is 2. The van der Waals surface area contributed by atoms with Crippen molar-refractivity contribution in [3.63, 3.8) is 0 Å². The third kappa shape index (κ3) is 7.40. The molecule has 1 aliphatic carbocycles. The monoisotopic (exact) mass is 582 g/mol. The minimum atomic E-state index is -4.02. The van der Waals surface area contributed by atoms with Crippen LogP contribution in [0.2, 0.25) is 0 Å². The van der Waals surface area contributed by atoms with Crippen molar-refractivity contribution in [2.75, 3.05) is 26.4 Å². The van der Waals surface area contributed by atoms with E-state index in [0.717, 1.165) is 82.6 Å². The molecule has 2 saturated heterocycles. The summed E-state index contributed by atoms with van der Waals surface area (Å²) < 4.78 is 55.1. The van der Waals surface area contributed by atoms with Gasteiger partial charge in [0.2, 0.25) is 0 Å². The van der Waals surface area contributed by atoms with Gasteiger partial charge in [0.25, 0.3) is 10.1 Å². The standard InChI is InChI=1S/C25H31FN2O2.C7H8O3S/c26-21-5-6-23(28-17-21)24(8-14-30-25(18-24)9-12-29-13-10-25)7-11-27-22-15-19-3-1-2-4-20(19)16-22;1-6-2-4-7(5-3-6)11(8,9)10/h1-6,17,22,27H,7-16,18H2;2-5H,1H3,(H,8,9,10)/t24-;/m1./s1. The summed E-state index contributed by atoms with van der Waals surface area (Å²) in [5, 5.41) is 3.81. The molecular formula is C32H39FN2O5S. The van der Waals surface area contributed by atoms with Gasteiger partial charge in [0, 0.05) is 37.0 Å². The van der Waals surface area contributed by atoms with E-state index < -0.39 is 10.1 Å². The zero-order chi connectivity index (χ0) is 28.9. The Bertz CT molecular complexity index is 1380. The minimum Gasteiger partial charge on any atom is -0.381 e. The van der Waals surface area contributed by atoms with E-state index in [1.54, 1.807) is 18.2 Å². The largest absolute Gasteiger partial charge is 0.381 e. The molecule has 0 bridgehead atoms. The maximum absolute atomic E-state index is 13.6. The number of aromatic nitrogens is 1. The van der Waals surface area contributed by atoms with Crippen LogP contribution in [0.3, 0.4) is 0 Å². The summed E-state index contributed by atoms with van der Waals surface area (Å²) in [6, 6.07) is 18.7. The van der Waals surface area contributed by atoms with E-state index in [9.17, 15) is 12.8 Å². The SMILES string of the molecule is Cc1ccc(S(=O)(=O)O)cc1.Fc1ccc([C@]2(CCNC3Cc4ccccc4C3)CCOC3(CCOCC3)C2)nc1. The number of pyridine rings is 1. The second-order valence-corrected chi connectivity index (χ2v) is 13.0. The van der Waals surface area contributed by atoms with Crippen molar-refractivity contribution in [1.82, 2.24) is 10.3 Å². The fourth-order valence-corrected chi connectivity index (χ4v) is 6.94. The van der Waals surface area contributed by atoms with Gasteiger partial charge in [-0.25, -0.2) is 4.39 Å². The van der Waals surface area contributed by atoms with E-state index in [1.807, 2.05) is 13.0 Å². The van der Waals surface area contributed by atoms with E-state index in [0.29, 0.717) is 6.04 Å². The molecule has 2 fully saturated rings. The number of aryl methyl sites for hydroxylation is 1. The smallest absolute Gasteiger partial charge is 0.294 e. The minimum absolute atomic E-state index is 0.0666. The van der Waals surface area contributed by atoms with Gasteiger partial charge >= 0.3 is 0 Å². The van der Waals surface area contributed by atoms with Gasteiger partial charge in [0.15, 0.2) is 0 Å². The predicted molar refractivity (Wildman–Crippen MR) is 155 cm³/mol. The maximum Gasteiger partial charge on any atom is 0.294 e. The van der Waals surface area contributed by atoms with Crippen LogP contribution in [-0.4, -0.2) is 56.0 Å². The molecule has 0 amide bonds. The molecule has 2 N–H and O–H groups in total. The first kappa shape index (κ1) is 29.8. The van der Waals surface area contributed by atoms with E-state index in [1.165, 1.54) is 29.5 Å². The Morgan fingerprint density at radius 2 is 1.66 bits per heavy atom. The van der Waals surface area contributed by atoms with Crippen LogP contribution >= 0.6 is 0 Å². The average Bonchev–Trinajstić information content (AvgIpc) is 3.37. The van der Waals surface area contributed by atoms with Crippen LogP contribution in [0.25, 0.3) is 0 Å².